The van der Waals surface area contributed by atoms with Crippen LogP contribution in [-0.4, -0.2) is 5.78 Å². The predicted octanol–water partition coefficient (Wildman–Crippen LogP) is 5.77. The van der Waals surface area contributed by atoms with E-state index < -0.39 is 5.78 Å². The van der Waals surface area contributed by atoms with Gasteiger partial charge in [-0.1, -0.05) is 58.0 Å². The maximum Gasteiger partial charge on any atom is 0.197 e. The lowest BCUT2D eigenvalue weighted by atomic mass is 10.0. The summed E-state index contributed by atoms with van der Waals surface area (Å²) in [5.74, 6) is -0.476. The van der Waals surface area contributed by atoms with Crippen molar-refractivity contribution in [3.8, 4) is 0 Å². The zero-order valence-electron chi connectivity index (χ0n) is 9.68. The number of carbonyl (C=O) groups excluding carboxylic acids is 1. The van der Waals surface area contributed by atoms with Crippen molar-refractivity contribution in [2.24, 2.45) is 0 Å². The van der Waals surface area contributed by atoms with E-state index in [-0.39, 0.29) is 31.2 Å². The maximum atomic E-state index is 12.5. The van der Waals surface area contributed by atoms with Gasteiger partial charge in [-0.3, -0.25) is 4.79 Å². The highest BCUT2D eigenvalue weighted by molar-refractivity contribution is 6.47. The Morgan fingerprint density at radius 1 is 0.850 bits per heavy atom. The Morgan fingerprint density at radius 2 is 1.40 bits per heavy atom. The molecule has 0 aliphatic rings. The van der Waals surface area contributed by atoms with Crippen LogP contribution in [0.25, 0.3) is 0 Å². The van der Waals surface area contributed by atoms with Crippen LogP contribution < -0.4 is 5.73 Å². The lowest BCUT2D eigenvalue weighted by molar-refractivity contribution is 0.103. The summed E-state index contributed by atoms with van der Waals surface area (Å²) >= 11 is 29.8. The van der Waals surface area contributed by atoms with Crippen LogP contribution in [0.4, 0.5) is 5.69 Å². The SMILES string of the molecule is Nc1cc(Cl)c(Cl)c(C(=O)c2c(Cl)cc(Cl)cc2Cl)c1. The normalized spacial score (nSPS) is 10.7. The van der Waals surface area contributed by atoms with Crippen molar-refractivity contribution in [1.82, 2.24) is 0 Å². The zero-order valence-corrected chi connectivity index (χ0v) is 13.5. The number of carbonyl (C=O) groups is 1. The van der Waals surface area contributed by atoms with Crippen LogP contribution in [0.1, 0.15) is 15.9 Å². The minimum atomic E-state index is -0.476. The van der Waals surface area contributed by atoms with Crippen LogP contribution in [0, 0.1) is 0 Å². The average Bonchev–Trinajstić information content (AvgIpc) is 2.32. The molecule has 2 rings (SSSR count). The van der Waals surface area contributed by atoms with Crippen LogP contribution in [0.3, 0.4) is 0 Å². The number of halogens is 5. The number of benzene rings is 2. The van der Waals surface area contributed by atoms with Gasteiger partial charge >= 0.3 is 0 Å². The lowest BCUT2D eigenvalue weighted by Gasteiger charge is -2.10. The van der Waals surface area contributed by atoms with Gasteiger partial charge < -0.3 is 5.73 Å². The first-order valence-corrected chi connectivity index (χ1v) is 7.14. The van der Waals surface area contributed by atoms with E-state index in [2.05, 4.69) is 0 Å². The van der Waals surface area contributed by atoms with Crippen molar-refractivity contribution in [3.63, 3.8) is 0 Å². The first-order chi connectivity index (χ1) is 9.31. The molecule has 0 unspecified atom stereocenters. The van der Waals surface area contributed by atoms with Crippen molar-refractivity contribution >= 4 is 69.5 Å². The Labute approximate surface area is 140 Å². The number of rotatable bonds is 2. The van der Waals surface area contributed by atoms with Gasteiger partial charge in [0.15, 0.2) is 5.78 Å². The average molecular weight is 369 g/mol. The second-order valence-corrected chi connectivity index (χ2v) is 5.97. The van der Waals surface area contributed by atoms with Gasteiger partial charge in [0.05, 0.1) is 25.7 Å². The molecular formula is C13H6Cl5NO. The molecule has 20 heavy (non-hydrogen) atoms. The van der Waals surface area contributed by atoms with Crippen LogP contribution in [0.5, 0.6) is 0 Å². The fourth-order valence-corrected chi connectivity index (χ4v) is 3.08. The molecule has 2 aromatic rings. The second-order valence-electron chi connectivity index (χ2n) is 3.94. The molecule has 2 N–H and O–H groups in total. The Kier molecular flexibility index (Phi) is 4.73. The molecule has 2 aromatic carbocycles. The van der Waals surface area contributed by atoms with Crippen molar-refractivity contribution in [3.05, 3.63) is 60.5 Å². The first-order valence-electron chi connectivity index (χ1n) is 5.25. The highest BCUT2D eigenvalue weighted by Crippen LogP contribution is 2.35. The molecule has 0 amide bonds. The van der Waals surface area contributed by atoms with Gasteiger partial charge in [0.2, 0.25) is 0 Å². The molecular weight excluding hydrogens is 363 g/mol. The summed E-state index contributed by atoms with van der Waals surface area (Å²) in [6, 6.07) is 5.71. The fraction of sp³-hybridized carbons (Fsp3) is 0. The fourth-order valence-electron chi connectivity index (χ4n) is 1.67. The molecule has 0 aliphatic carbocycles. The molecule has 0 fully saturated rings. The molecule has 0 saturated carbocycles. The van der Waals surface area contributed by atoms with Gasteiger partial charge in [-0.2, -0.15) is 0 Å². The van der Waals surface area contributed by atoms with E-state index in [0.717, 1.165) is 0 Å². The van der Waals surface area contributed by atoms with Crippen LogP contribution in [0.2, 0.25) is 25.1 Å². The predicted molar refractivity (Wildman–Crippen MR) is 85.8 cm³/mol. The zero-order chi connectivity index (χ0) is 15.0. The molecule has 0 atom stereocenters. The van der Waals surface area contributed by atoms with Crippen LogP contribution in [0.15, 0.2) is 24.3 Å². The summed E-state index contributed by atoms with van der Waals surface area (Å²) in [6.45, 7) is 0. The van der Waals surface area contributed by atoms with Crippen molar-refractivity contribution in [2.75, 3.05) is 5.73 Å². The Hall–Kier alpha value is -0.640. The number of nitrogen functional groups attached to an aromatic ring is 1. The number of nitrogens with two attached hydrogens (primary N) is 1. The van der Waals surface area contributed by atoms with Gasteiger partial charge in [0.25, 0.3) is 0 Å². The van der Waals surface area contributed by atoms with Crippen molar-refractivity contribution < 1.29 is 4.79 Å². The van der Waals surface area contributed by atoms with E-state index in [1.165, 1.54) is 24.3 Å². The number of hydrogen-bond acceptors (Lipinski definition) is 2. The monoisotopic (exact) mass is 367 g/mol. The highest BCUT2D eigenvalue weighted by atomic mass is 35.5. The summed E-state index contributed by atoms with van der Waals surface area (Å²) in [7, 11) is 0. The van der Waals surface area contributed by atoms with E-state index in [9.17, 15) is 4.79 Å². The van der Waals surface area contributed by atoms with Crippen LogP contribution in [-0.2, 0) is 0 Å². The summed E-state index contributed by atoms with van der Waals surface area (Å²) in [6.07, 6.45) is 0. The largest absolute Gasteiger partial charge is 0.399 e. The van der Waals surface area contributed by atoms with Gasteiger partial charge in [-0.25, -0.2) is 0 Å². The Bertz CT molecular complexity index is 691. The standard InChI is InChI=1S/C13H6Cl5NO/c14-5-1-8(15)11(9(16)2-5)13(20)7-3-6(19)4-10(17)12(7)18/h1-4H,19H2. The smallest absolute Gasteiger partial charge is 0.197 e. The quantitative estimate of drug-likeness (QED) is 0.540. The first kappa shape index (κ1) is 15.7. The number of ketones is 1. The maximum absolute atomic E-state index is 12.5. The van der Waals surface area contributed by atoms with Crippen molar-refractivity contribution in [1.29, 1.82) is 0 Å². The third-order valence-electron chi connectivity index (χ3n) is 2.53. The third-order valence-corrected chi connectivity index (χ3v) is 4.15. The molecule has 0 radical (unpaired) electrons. The van der Waals surface area contributed by atoms with E-state index in [4.69, 9.17) is 63.7 Å². The molecule has 0 saturated heterocycles. The summed E-state index contributed by atoms with van der Waals surface area (Å²) < 4.78 is 0. The molecule has 0 aliphatic heterocycles. The van der Waals surface area contributed by atoms with Gasteiger partial charge in [-0.15, -0.1) is 0 Å². The minimum absolute atomic E-state index is 0.0907. The molecule has 7 heteroatoms. The molecule has 104 valence electrons. The lowest BCUT2D eigenvalue weighted by Crippen LogP contribution is -2.05. The van der Waals surface area contributed by atoms with Crippen molar-refractivity contribution in [2.45, 2.75) is 0 Å². The summed E-state index contributed by atoms with van der Waals surface area (Å²) in [5.41, 5.74) is 6.20. The van der Waals surface area contributed by atoms with E-state index >= 15 is 0 Å². The molecule has 2 nitrogen and oxygen atoms in total. The molecule has 0 heterocycles. The van der Waals surface area contributed by atoms with Gasteiger partial charge in [0, 0.05) is 16.3 Å². The van der Waals surface area contributed by atoms with E-state index in [1.54, 1.807) is 0 Å². The topological polar surface area (TPSA) is 43.1 Å². The number of anilines is 1. The molecule has 0 aromatic heterocycles. The highest BCUT2D eigenvalue weighted by Gasteiger charge is 2.21. The van der Waals surface area contributed by atoms with Gasteiger partial charge in [-0.05, 0) is 24.3 Å². The third kappa shape index (κ3) is 3.00. The van der Waals surface area contributed by atoms with Gasteiger partial charge in [0.1, 0.15) is 0 Å². The van der Waals surface area contributed by atoms with E-state index in [1.807, 2.05) is 0 Å². The molecule has 0 spiro atoms. The Morgan fingerprint density at radius 3 is 1.95 bits per heavy atom. The van der Waals surface area contributed by atoms with Crippen LogP contribution >= 0.6 is 58.0 Å². The summed E-state index contributed by atoms with van der Waals surface area (Å²) in [4.78, 5) is 12.5. The number of hydrogen-bond donors (Lipinski definition) is 1. The molecule has 0 bridgehead atoms. The summed E-state index contributed by atoms with van der Waals surface area (Å²) in [5, 5.41) is 0.849. The van der Waals surface area contributed by atoms with E-state index in [0.29, 0.717) is 10.7 Å². The Balaban J connectivity index is 2.64. The second kappa shape index (κ2) is 6.00. The minimum Gasteiger partial charge on any atom is -0.399 e.